The third-order valence-corrected chi connectivity index (χ3v) is 4.31. The summed E-state index contributed by atoms with van der Waals surface area (Å²) in [6.07, 6.45) is 6.66. The van der Waals surface area contributed by atoms with Gasteiger partial charge in [-0.3, -0.25) is 9.59 Å². The summed E-state index contributed by atoms with van der Waals surface area (Å²) in [7, 11) is 0. The maximum absolute atomic E-state index is 13.8. The number of benzene rings is 1. The number of anilines is 1. The van der Waals surface area contributed by atoms with Gasteiger partial charge in [-0.15, -0.1) is 0 Å². The van der Waals surface area contributed by atoms with Crippen LogP contribution in [-0.4, -0.2) is 24.4 Å². The predicted molar refractivity (Wildman–Crippen MR) is 81.7 cm³/mol. The van der Waals surface area contributed by atoms with E-state index in [1.807, 2.05) is 12.2 Å². The Bertz CT molecular complexity index is 640. The summed E-state index contributed by atoms with van der Waals surface area (Å²) in [5.74, 6) is -2.01. The third-order valence-electron chi connectivity index (χ3n) is 4.31. The number of carbonyl (C=O) groups excluding carboxylic acids is 2. The highest BCUT2D eigenvalue weighted by atomic mass is 19.1. The van der Waals surface area contributed by atoms with Crippen molar-refractivity contribution in [3.8, 4) is 0 Å². The van der Waals surface area contributed by atoms with Gasteiger partial charge < -0.3 is 10.2 Å². The highest BCUT2D eigenvalue weighted by Gasteiger charge is 2.36. The highest BCUT2D eigenvalue weighted by Crippen LogP contribution is 2.28. The Kier molecular flexibility index (Phi) is 4.41. The average Bonchev–Trinajstić information content (AvgIpc) is 3.12. The molecule has 23 heavy (non-hydrogen) atoms. The monoisotopic (exact) mass is 320 g/mol. The summed E-state index contributed by atoms with van der Waals surface area (Å²) >= 11 is 0. The number of amides is 2. The molecule has 1 N–H and O–H groups in total. The lowest BCUT2D eigenvalue weighted by atomic mass is 10.0. The summed E-state index contributed by atoms with van der Waals surface area (Å²) < 4.78 is 27.6. The first-order chi connectivity index (χ1) is 11.1. The Morgan fingerprint density at radius 3 is 2.65 bits per heavy atom. The van der Waals surface area contributed by atoms with Crippen LogP contribution >= 0.6 is 0 Å². The van der Waals surface area contributed by atoms with E-state index >= 15 is 0 Å². The number of allylic oxidation sites excluding steroid dienone is 2. The molecule has 0 radical (unpaired) electrons. The van der Waals surface area contributed by atoms with Crippen molar-refractivity contribution in [1.29, 1.82) is 0 Å². The number of para-hydroxylation sites is 1. The van der Waals surface area contributed by atoms with E-state index in [4.69, 9.17) is 0 Å². The van der Waals surface area contributed by atoms with Gasteiger partial charge in [-0.25, -0.2) is 8.78 Å². The lowest BCUT2D eigenvalue weighted by Crippen LogP contribution is -2.42. The second-order valence-corrected chi connectivity index (χ2v) is 5.94. The molecular formula is C17H18F2N2O2. The van der Waals surface area contributed by atoms with E-state index in [2.05, 4.69) is 5.32 Å². The summed E-state index contributed by atoms with van der Waals surface area (Å²) in [4.78, 5) is 25.4. The summed E-state index contributed by atoms with van der Waals surface area (Å²) in [6, 6.07) is 2.77. The number of carbonyl (C=O) groups is 2. The molecule has 0 aromatic heterocycles. The molecule has 0 unspecified atom stereocenters. The Hall–Kier alpha value is -2.24. The molecule has 2 atom stereocenters. The van der Waals surface area contributed by atoms with Crippen LogP contribution in [0.25, 0.3) is 0 Å². The molecule has 1 aliphatic carbocycles. The van der Waals surface area contributed by atoms with Gasteiger partial charge in [0.1, 0.15) is 23.4 Å². The van der Waals surface area contributed by atoms with Crippen molar-refractivity contribution in [2.75, 3.05) is 11.4 Å². The first kappa shape index (κ1) is 15.6. The van der Waals surface area contributed by atoms with Gasteiger partial charge >= 0.3 is 0 Å². The van der Waals surface area contributed by atoms with E-state index in [0.717, 1.165) is 29.9 Å². The number of nitrogens with one attached hydrogen (secondary N) is 1. The van der Waals surface area contributed by atoms with Gasteiger partial charge in [-0.2, -0.15) is 0 Å². The van der Waals surface area contributed by atoms with Crippen molar-refractivity contribution in [2.24, 2.45) is 5.92 Å². The largest absolute Gasteiger partial charge is 0.344 e. The van der Waals surface area contributed by atoms with Crippen LogP contribution in [0.5, 0.6) is 0 Å². The van der Waals surface area contributed by atoms with Gasteiger partial charge in [0.25, 0.3) is 0 Å². The van der Waals surface area contributed by atoms with Crippen molar-refractivity contribution < 1.29 is 18.4 Å². The van der Waals surface area contributed by atoms with Gasteiger partial charge in [-0.1, -0.05) is 18.2 Å². The molecule has 3 rings (SSSR count). The van der Waals surface area contributed by atoms with Gasteiger partial charge in [0.05, 0.1) is 0 Å². The lowest BCUT2D eigenvalue weighted by Gasteiger charge is -2.18. The SMILES string of the molecule is O=C(C[C@H]1C=CCC1)N[C@H]1CCN(c2c(F)cccc2F)C1=O. The third kappa shape index (κ3) is 3.25. The van der Waals surface area contributed by atoms with Crippen LogP contribution in [0.15, 0.2) is 30.4 Å². The fraction of sp³-hybridized carbons (Fsp3) is 0.412. The number of rotatable bonds is 4. The molecule has 1 aromatic rings. The highest BCUT2D eigenvalue weighted by molar-refractivity contribution is 6.01. The molecule has 1 heterocycles. The normalized spacial score (nSPS) is 23.6. The lowest BCUT2D eigenvalue weighted by molar-refractivity contribution is -0.126. The van der Waals surface area contributed by atoms with E-state index in [1.54, 1.807) is 0 Å². The minimum absolute atomic E-state index is 0.185. The first-order valence-corrected chi connectivity index (χ1v) is 7.77. The molecule has 122 valence electrons. The summed E-state index contributed by atoms with van der Waals surface area (Å²) in [6.45, 7) is 0.185. The minimum atomic E-state index is -0.776. The van der Waals surface area contributed by atoms with E-state index < -0.39 is 23.6 Å². The zero-order valence-corrected chi connectivity index (χ0v) is 12.6. The number of nitrogens with zero attached hydrogens (tertiary/aromatic N) is 1. The Morgan fingerprint density at radius 2 is 2.00 bits per heavy atom. The molecule has 1 aliphatic heterocycles. The molecule has 1 saturated heterocycles. The molecular weight excluding hydrogens is 302 g/mol. The van der Waals surface area contributed by atoms with Gasteiger partial charge in [0, 0.05) is 13.0 Å². The topological polar surface area (TPSA) is 49.4 Å². The summed E-state index contributed by atoms with van der Waals surface area (Å²) in [5, 5.41) is 2.69. The fourth-order valence-electron chi connectivity index (χ4n) is 3.14. The molecule has 2 aliphatic rings. The fourth-order valence-corrected chi connectivity index (χ4v) is 3.14. The molecule has 0 bridgehead atoms. The smallest absolute Gasteiger partial charge is 0.249 e. The van der Waals surface area contributed by atoms with Gasteiger partial charge in [0.15, 0.2) is 0 Å². The zero-order chi connectivity index (χ0) is 16.4. The predicted octanol–water partition coefficient (Wildman–Crippen LogP) is 2.54. The number of hydrogen-bond donors (Lipinski definition) is 1. The number of halogens is 2. The van der Waals surface area contributed by atoms with Crippen LogP contribution in [0.1, 0.15) is 25.7 Å². The quantitative estimate of drug-likeness (QED) is 0.867. The van der Waals surface area contributed by atoms with Crippen LogP contribution in [0, 0.1) is 17.6 Å². The van der Waals surface area contributed by atoms with E-state index in [0.29, 0.717) is 12.8 Å². The molecule has 4 nitrogen and oxygen atoms in total. The zero-order valence-electron chi connectivity index (χ0n) is 12.6. The number of hydrogen-bond acceptors (Lipinski definition) is 2. The van der Waals surface area contributed by atoms with E-state index in [1.165, 1.54) is 6.07 Å². The molecule has 6 heteroatoms. The standard InChI is InChI=1S/C17H18F2N2O2/c18-12-6-3-7-13(19)16(12)21-9-8-14(17(21)23)20-15(22)10-11-4-1-2-5-11/h1,3-4,6-7,11,14H,2,5,8-10H2,(H,20,22)/t11-,14-/m0/s1. The van der Waals surface area contributed by atoms with Crippen LogP contribution in [-0.2, 0) is 9.59 Å². The molecule has 2 amide bonds. The van der Waals surface area contributed by atoms with Crippen molar-refractivity contribution in [3.05, 3.63) is 42.0 Å². The Labute approximate surface area is 133 Å². The van der Waals surface area contributed by atoms with Crippen molar-refractivity contribution in [3.63, 3.8) is 0 Å². The van der Waals surface area contributed by atoms with Crippen molar-refractivity contribution >= 4 is 17.5 Å². The molecule has 0 spiro atoms. The van der Waals surface area contributed by atoms with Crippen molar-refractivity contribution in [2.45, 2.75) is 31.7 Å². The maximum Gasteiger partial charge on any atom is 0.249 e. The molecule has 1 fully saturated rings. The minimum Gasteiger partial charge on any atom is -0.344 e. The van der Waals surface area contributed by atoms with Crippen LogP contribution < -0.4 is 10.2 Å². The Morgan fingerprint density at radius 1 is 1.26 bits per heavy atom. The molecule has 1 aromatic carbocycles. The van der Waals surface area contributed by atoms with E-state index in [-0.39, 0.29) is 24.1 Å². The maximum atomic E-state index is 13.8. The van der Waals surface area contributed by atoms with E-state index in [9.17, 15) is 18.4 Å². The second kappa shape index (κ2) is 6.48. The first-order valence-electron chi connectivity index (χ1n) is 7.77. The molecule has 0 saturated carbocycles. The van der Waals surface area contributed by atoms with Crippen LogP contribution in [0.2, 0.25) is 0 Å². The Balaban J connectivity index is 1.64. The van der Waals surface area contributed by atoms with Crippen molar-refractivity contribution in [1.82, 2.24) is 5.32 Å². The van der Waals surface area contributed by atoms with Gasteiger partial charge in [-0.05, 0) is 37.3 Å². The second-order valence-electron chi connectivity index (χ2n) is 5.94. The van der Waals surface area contributed by atoms with Crippen LogP contribution in [0.3, 0.4) is 0 Å². The van der Waals surface area contributed by atoms with Crippen LogP contribution in [0.4, 0.5) is 14.5 Å². The summed E-state index contributed by atoms with van der Waals surface area (Å²) in [5.41, 5.74) is -0.340. The average molecular weight is 320 g/mol. The van der Waals surface area contributed by atoms with Gasteiger partial charge in [0.2, 0.25) is 11.8 Å².